The van der Waals surface area contributed by atoms with Gasteiger partial charge in [0.1, 0.15) is 6.04 Å². The number of hydrogen-bond acceptors (Lipinski definition) is 12. The molecule has 2 atom stereocenters. The second-order valence-electron chi connectivity index (χ2n) is 16.6. The zero-order chi connectivity index (χ0) is 42.4. The average molecular weight is 828 g/mol. The minimum absolute atomic E-state index is 0.000945. The highest BCUT2D eigenvalue weighted by Gasteiger charge is 2.40. The Bertz CT molecular complexity index is 2470. The number of aromatic nitrogens is 3. The van der Waals surface area contributed by atoms with Crippen molar-refractivity contribution < 1.29 is 28.7 Å². The molecule has 2 aromatic heterocycles. The van der Waals surface area contributed by atoms with Crippen LogP contribution in [0.4, 0.5) is 17.1 Å². The monoisotopic (exact) mass is 827 g/mol. The molecule has 2 aromatic carbocycles. The zero-order valence-electron chi connectivity index (χ0n) is 34.5. The lowest BCUT2D eigenvalue weighted by atomic mass is 9.97. The SMILES string of the molecule is Cc1cc2cc(n1)-c1cnn(C)c1OCCC[C@@H](C)CN1/C(=N/C2=O)Nc2ccc(CNCCNC(=O)C3CN(c4ccc5c(c4)CN(C4CCC(=O)NC4=O)C5=O)C3)cc21. The first kappa shape index (κ1) is 39.8. The van der Waals surface area contributed by atoms with Gasteiger partial charge in [-0.3, -0.25) is 34.3 Å². The van der Waals surface area contributed by atoms with E-state index < -0.39 is 11.9 Å². The number of ether oxygens (including phenoxy) is 1. The topological polar surface area (TPSA) is 195 Å². The molecule has 5 aliphatic heterocycles. The molecule has 2 saturated heterocycles. The number of imide groups is 1. The van der Waals surface area contributed by atoms with Crippen LogP contribution < -0.4 is 35.8 Å². The van der Waals surface area contributed by atoms with Gasteiger partial charge in [0.25, 0.3) is 11.8 Å². The molecular weight excluding hydrogens is 779 g/mol. The minimum Gasteiger partial charge on any atom is -0.477 e. The number of aryl methyl sites for hydroxylation is 2. The number of carbonyl (C=O) groups is 5. The van der Waals surface area contributed by atoms with Gasteiger partial charge in [0.2, 0.25) is 29.6 Å². The van der Waals surface area contributed by atoms with Crippen LogP contribution in [0.2, 0.25) is 0 Å². The standard InChI is InChI=1S/C44H49N11O6/c1-25-5-4-14-61-43-33(20-47-52(43)3)35-18-28(15-26(2)48-35)40(58)51-44-49-34-9-6-27(16-37(34)55(44)21-25)19-45-12-13-46-39(57)30-22-53(23-30)31-7-8-32-29(17-31)24-54(42(32)60)36-10-11-38(56)50-41(36)59/h6-9,15-18,20,25,30,36,45H,4-5,10-14,19,21-24H2,1-3H3,(H,46,57)(H,49,51,58)(H,50,56,59)/t25-,36?/m1/s1. The summed E-state index contributed by atoms with van der Waals surface area (Å²) in [6, 6.07) is 14.6. The first-order valence-corrected chi connectivity index (χ1v) is 20.9. The summed E-state index contributed by atoms with van der Waals surface area (Å²) < 4.78 is 7.91. The maximum Gasteiger partial charge on any atom is 0.280 e. The summed E-state index contributed by atoms with van der Waals surface area (Å²) in [7, 11) is 1.83. The van der Waals surface area contributed by atoms with Gasteiger partial charge < -0.3 is 35.4 Å². The van der Waals surface area contributed by atoms with Crippen LogP contribution in [0.5, 0.6) is 5.88 Å². The fourth-order valence-electron chi connectivity index (χ4n) is 8.72. The first-order chi connectivity index (χ1) is 29.5. The van der Waals surface area contributed by atoms with Crippen molar-refractivity contribution >= 4 is 52.6 Å². The third-order valence-corrected chi connectivity index (χ3v) is 12.1. The van der Waals surface area contributed by atoms with Gasteiger partial charge >= 0.3 is 0 Å². The lowest BCUT2D eigenvalue weighted by molar-refractivity contribution is -0.137. The Hall–Kier alpha value is -6.62. The molecule has 4 aromatic rings. The van der Waals surface area contributed by atoms with Crippen LogP contribution in [0.1, 0.15) is 70.1 Å². The molecular formula is C44H49N11O6. The summed E-state index contributed by atoms with van der Waals surface area (Å²) >= 11 is 0. The summed E-state index contributed by atoms with van der Waals surface area (Å²) in [5, 5.41) is 16.6. The van der Waals surface area contributed by atoms with Gasteiger partial charge in [-0.25, -0.2) is 4.68 Å². The van der Waals surface area contributed by atoms with Crippen molar-refractivity contribution in [3.63, 3.8) is 0 Å². The number of nitrogens with zero attached hydrogens (tertiary/aromatic N) is 7. The van der Waals surface area contributed by atoms with Crippen LogP contribution in [0.25, 0.3) is 11.3 Å². The highest BCUT2D eigenvalue weighted by Crippen LogP contribution is 2.36. The predicted octanol–water partition coefficient (Wildman–Crippen LogP) is 3.13. The largest absolute Gasteiger partial charge is 0.477 e. The van der Waals surface area contributed by atoms with E-state index >= 15 is 0 Å². The molecule has 0 radical (unpaired) electrons. The van der Waals surface area contributed by atoms with Gasteiger partial charge in [0, 0.05) is 81.8 Å². The van der Waals surface area contributed by atoms with E-state index in [0.717, 1.165) is 46.6 Å². The van der Waals surface area contributed by atoms with Gasteiger partial charge in [-0.1, -0.05) is 13.0 Å². The molecule has 9 rings (SSSR count). The van der Waals surface area contributed by atoms with Crippen molar-refractivity contribution in [1.82, 2.24) is 35.6 Å². The Morgan fingerprint density at radius 2 is 1.82 bits per heavy atom. The van der Waals surface area contributed by atoms with E-state index in [1.807, 2.05) is 38.2 Å². The number of carbonyl (C=O) groups excluding carboxylic acids is 5. The normalized spacial score (nSPS) is 21.1. The van der Waals surface area contributed by atoms with E-state index in [0.29, 0.717) is 93.2 Å². The second-order valence-corrected chi connectivity index (χ2v) is 16.6. The van der Waals surface area contributed by atoms with E-state index in [9.17, 15) is 24.0 Å². The van der Waals surface area contributed by atoms with Gasteiger partial charge in [-0.05, 0) is 85.7 Å². The molecule has 2 bridgehead atoms. The van der Waals surface area contributed by atoms with Crippen LogP contribution in [-0.4, -0.2) is 101 Å². The first-order valence-electron chi connectivity index (χ1n) is 20.9. The number of fused-ring (bicyclic) bond motifs is 8. The molecule has 2 fully saturated rings. The molecule has 316 valence electrons. The Morgan fingerprint density at radius 3 is 2.66 bits per heavy atom. The molecule has 0 saturated carbocycles. The van der Waals surface area contributed by atoms with Crippen LogP contribution in [0.3, 0.4) is 0 Å². The molecule has 5 aliphatic rings. The summed E-state index contributed by atoms with van der Waals surface area (Å²) in [5.41, 5.74) is 7.68. The number of aliphatic imine (C=N–C) groups is 1. The average Bonchev–Trinajstić information content (AvgIpc) is 3.86. The van der Waals surface area contributed by atoms with Crippen molar-refractivity contribution in [3.8, 4) is 17.1 Å². The lowest BCUT2D eigenvalue weighted by Gasteiger charge is -2.40. The minimum atomic E-state index is -0.654. The van der Waals surface area contributed by atoms with Crippen LogP contribution in [0, 0.1) is 18.8 Å². The summed E-state index contributed by atoms with van der Waals surface area (Å²) in [4.78, 5) is 78.9. The van der Waals surface area contributed by atoms with Crippen molar-refractivity contribution in [3.05, 3.63) is 82.7 Å². The third-order valence-electron chi connectivity index (χ3n) is 12.1. The van der Waals surface area contributed by atoms with E-state index in [1.54, 1.807) is 34.0 Å². The zero-order valence-corrected chi connectivity index (χ0v) is 34.5. The second kappa shape index (κ2) is 16.4. The number of nitrogens with one attached hydrogen (secondary N) is 4. The molecule has 61 heavy (non-hydrogen) atoms. The Kier molecular flexibility index (Phi) is 10.7. The van der Waals surface area contributed by atoms with Crippen molar-refractivity contribution in [2.45, 2.75) is 58.7 Å². The molecule has 0 aliphatic carbocycles. The summed E-state index contributed by atoms with van der Waals surface area (Å²) in [5.74, 6) is -0.0896. The van der Waals surface area contributed by atoms with Crippen LogP contribution in [-0.2, 0) is 34.5 Å². The number of hydrogen-bond donors (Lipinski definition) is 4. The maximum atomic E-state index is 13.7. The molecule has 5 amide bonds. The molecule has 1 unspecified atom stereocenters. The summed E-state index contributed by atoms with van der Waals surface area (Å²) in [6.07, 6.45) is 3.99. The molecule has 4 N–H and O–H groups in total. The fourth-order valence-corrected chi connectivity index (χ4v) is 8.72. The highest BCUT2D eigenvalue weighted by molar-refractivity contribution is 6.19. The van der Waals surface area contributed by atoms with E-state index in [-0.39, 0.29) is 41.9 Å². The molecule has 7 heterocycles. The number of benzene rings is 2. The molecule has 17 nitrogen and oxygen atoms in total. The van der Waals surface area contributed by atoms with Crippen molar-refractivity contribution in [2.75, 3.05) is 54.4 Å². The number of anilines is 3. The van der Waals surface area contributed by atoms with E-state index in [1.165, 1.54) is 0 Å². The number of guanidine groups is 1. The number of rotatable bonds is 8. The smallest absolute Gasteiger partial charge is 0.280 e. The van der Waals surface area contributed by atoms with Gasteiger partial charge in [0.05, 0.1) is 41.4 Å². The Labute approximate surface area is 352 Å². The number of piperidine rings is 1. The third kappa shape index (κ3) is 8.04. The quantitative estimate of drug-likeness (QED) is 0.150. The number of pyridine rings is 1. The molecule has 0 spiro atoms. The lowest BCUT2D eigenvalue weighted by Crippen LogP contribution is -2.54. The van der Waals surface area contributed by atoms with Gasteiger partial charge in [-0.15, -0.1) is 0 Å². The summed E-state index contributed by atoms with van der Waals surface area (Å²) in [6.45, 7) is 8.32. The fraction of sp³-hybridized carbons (Fsp3) is 0.409. The highest BCUT2D eigenvalue weighted by atomic mass is 16.5. The number of amides is 5. The Morgan fingerprint density at radius 1 is 0.967 bits per heavy atom. The Balaban J connectivity index is 0.779. The molecule has 17 heteroatoms. The van der Waals surface area contributed by atoms with E-state index in [2.05, 4.69) is 59.1 Å². The van der Waals surface area contributed by atoms with Gasteiger partial charge in [-0.2, -0.15) is 10.1 Å². The van der Waals surface area contributed by atoms with Crippen LogP contribution >= 0.6 is 0 Å². The van der Waals surface area contributed by atoms with Crippen molar-refractivity contribution in [2.24, 2.45) is 23.9 Å². The van der Waals surface area contributed by atoms with Crippen LogP contribution in [0.15, 0.2) is 59.7 Å². The van der Waals surface area contributed by atoms with Gasteiger partial charge in [0.15, 0.2) is 0 Å². The maximum absolute atomic E-state index is 13.7. The predicted molar refractivity (Wildman–Crippen MR) is 227 cm³/mol. The van der Waals surface area contributed by atoms with E-state index in [4.69, 9.17) is 4.74 Å². The van der Waals surface area contributed by atoms with Crippen molar-refractivity contribution in [1.29, 1.82) is 0 Å².